The summed E-state index contributed by atoms with van der Waals surface area (Å²) < 4.78 is 20.8. The maximum Gasteiger partial charge on any atom is 0.309 e. The highest BCUT2D eigenvalue weighted by Crippen LogP contribution is 2.32. The Balaban J connectivity index is 1.36. The lowest BCUT2D eigenvalue weighted by molar-refractivity contribution is -0.139. The highest BCUT2D eigenvalue weighted by molar-refractivity contribution is 6.35. The smallest absolute Gasteiger partial charge is 0.309 e. The zero-order valence-electron chi connectivity index (χ0n) is 15.2. The van der Waals surface area contributed by atoms with Gasteiger partial charge in [-0.05, 0) is 35.9 Å². The molecule has 150 valence electrons. The molecule has 9 heteroatoms. The molecule has 2 aromatic heterocycles. The predicted molar refractivity (Wildman–Crippen MR) is 97.8 cm³/mol. The molecule has 0 spiro atoms. The number of aliphatic hydroxyl groups is 1. The van der Waals surface area contributed by atoms with Crippen molar-refractivity contribution in [2.45, 2.75) is 12.1 Å². The molecule has 0 fully saturated rings. The van der Waals surface area contributed by atoms with Gasteiger partial charge in [-0.3, -0.25) is 9.59 Å². The molecule has 9 nitrogen and oxygen atoms in total. The standard InChI is InChI=1S/C20H18N2O7/c23-18(21-9-13-3-4-15-16(8-13)29-12-28-15)19(24)22-11-20(25,14-5-7-26-10-14)17-2-1-6-27-17/h1-8,10,25H,9,11-12H2,(H,21,23)(H,22,24)/t20-/m0/s1. The van der Waals surface area contributed by atoms with E-state index in [0.717, 1.165) is 5.56 Å². The van der Waals surface area contributed by atoms with E-state index in [1.165, 1.54) is 18.8 Å². The van der Waals surface area contributed by atoms with Crippen LogP contribution in [0.25, 0.3) is 0 Å². The van der Waals surface area contributed by atoms with Gasteiger partial charge in [0.2, 0.25) is 6.79 Å². The van der Waals surface area contributed by atoms with Crippen molar-refractivity contribution >= 4 is 11.8 Å². The van der Waals surface area contributed by atoms with E-state index in [1.807, 2.05) is 0 Å². The Bertz CT molecular complexity index is 962. The molecule has 3 aromatic rings. The van der Waals surface area contributed by atoms with E-state index >= 15 is 0 Å². The molecular formula is C20H18N2O7. The van der Waals surface area contributed by atoms with Crippen molar-refractivity contribution in [2.24, 2.45) is 0 Å². The largest absolute Gasteiger partial charge is 0.472 e. The summed E-state index contributed by atoms with van der Waals surface area (Å²) >= 11 is 0. The lowest BCUT2D eigenvalue weighted by atomic mass is 9.93. The minimum Gasteiger partial charge on any atom is -0.472 e. The second kappa shape index (κ2) is 7.72. The SMILES string of the molecule is O=C(NCc1ccc2c(c1)OCO2)C(=O)NC[C@](O)(c1ccoc1)c1ccco1. The Morgan fingerprint density at radius 1 is 1.03 bits per heavy atom. The van der Waals surface area contributed by atoms with Crippen molar-refractivity contribution in [1.82, 2.24) is 10.6 Å². The molecule has 4 rings (SSSR count). The van der Waals surface area contributed by atoms with Gasteiger partial charge in [-0.1, -0.05) is 6.07 Å². The summed E-state index contributed by atoms with van der Waals surface area (Å²) in [5.74, 6) is -0.296. The van der Waals surface area contributed by atoms with E-state index in [1.54, 1.807) is 36.4 Å². The lowest BCUT2D eigenvalue weighted by Gasteiger charge is -2.25. The van der Waals surface area contributed by atoms with Crippen molar-refractivity contribution in [3.8, 4) is 11.5 Å². The van der Waals surface area contributed by atoms with Gasteiger partial charge in [-0.25, -0.2) is 0 Å². The van der Waals surface area contributed by atoms with Crippen LogP contribution in [0.3, 0.4) is 0 Å². The molecule has 1 aliphatic heterocycles. The van der Waals surface area contributed by atoms with Crippen molar-refractivity contribution in [3.05, 3.63) is 72.1 Å². The molecule has 1 aromatic carbocycles. The fourth-order valence-corrected chi connectivity index (χ4v) is 2.95. The van der Waals surface area contributed by atoms with Crippen LogP contribution >= 0.6 is 0 Å². The predicted octanol–water partition coefficient (Wildman–Crippen LogP) is 1.27. The monoisotopic (exact) mass is 398 g/mol. The summed E-state index contributed by atoms with van der Waals surface area (Å²) in [6, 6.07) is 9.96. The molecule has 1 atom stereocenters. The van der Waals surface area contributed by atoms with Gasteiger partial charge >= 0.3 is 11.8 Å². The normalized spacial score (nSPS) is 14.2. The van der Waals surface area contributed by atoms with Crippen LogP contribution in [0.1, 0.15) is 16.9 Å². The van der Waals surface area contributed by atoms with Crippen LogP contribution in [-0.2, 0) is 21.7 Å². The van der Waals surface area contributed by atoms with Gasteiger partial charge in [-0.2, -0.15) is 0 Å². The summed E-state index contributed by atoms with van der Waals surface area (Å²) in [5, 5.41) is 16.0. The first kappa shape index (κ1) is 18.6. The molecule has 0 saturated heterocycles. The number of carbonyl (C=O) groups is 2. The number of fused-ring (bicyclic) bond motifs is 1. The molecular weight excluding hydrogens is 380 g/mol. The summed E-state index contributed by atoms with van der Waals surface area (Å²) in [7, 11) is 0. The second-order valence-electron chi connectivity index (χ2n) is 6.40. The average molecular weight is 398 g/mol. The highest BCUT2D eigenvalue weighted by atomic mass is 16.7. The van der Waals surface area contributed by atoms with Gasteiger partial charge in [0.25, 0.3) is 0 Å². The lowest BCUT2D eigenvalue weighted by Crippen LogP contribution is -2.46. The third-order valence-electron chi connectivity index (χ3n) is 4.53. The molecule has 0 aliphatic carbocycles. The Kier molecular flexibility index (Phi) is 4.96. The maximum atomic E-state index is 12.2. The fraction of sp³-hybridized carbons (Fsp3) is 0.200. The Hall–Kier alpha value is -3.72. The molecule has 0 bridgehead atoms. The van der Waals surface area contributed by atoms with Gasteiger partial charge < -0.3 is 34.0 Å². The van der Waals surface area contributed by atoms with Crippen molar-refractivity contribution < 1.29 is 33.0 Å². The number of carbonyl (C=O) groups excluding carboxylic acids is 2. The first-order valence-electron chi connectivity index (χ1n) is 8.80. The summed E-state index contributed by atoms with van der Waals surface area (Å²) in [6.07, 6.45) is 4.14. The Morgan fingerprint density at radius 2 is 1.86 bits per heavy atom. The highest BCUT2D eigenvalue weighted by Gasteiger charge is 2.36. The van der Waals surface area contributed by atoms with Crippen LogP contribution in [0.4, 0.5) is 0 Å². The van der Waals surface area contributed by atoms with Crippen LogP contribution in [0.2, 0.25) is 0 Å². The van der Waals surface area contributed by atoms with E-state index < -0.39 is 17.4 Å². The van der Waals surface area contributed by atoms with Gasteiger partial charge in [0.05, 0.1) is 25.3 Å². The molecule has 0 unspecified atom stereocenters. The van der Waals surface area contributed by atoms with E-state index in [2.05, 4.69) is 10.6 Å². The molecule has 2 amide bonds. The third-order valence-corrected chi connectivity index (χ3v) is 4.53. The maximum absolute atomic E-state index is 12.2. The van der Waals surface area contributed by atoms with E-state index in [0.29, 0.717) is 17.1 Å². The summed E-state index contributed by atoms with van der Waals surface area (Å²) in [6.45, 7) is 0.00614. The number of amides is 2. The first-order valence-corrected chi connectivity index (χ1v) is 8.80. The number of rotatable bonds is 6. The van der Waals surface area contributed by atoms with Gasteiger partial charge in [0.15, 0.2) is 17.1 Å². The van der Waals surface area contributed by atoms with Gasteiger partial charge in [-0.15, -0.1) is 0 Å². The van der Waals surface area contributed by atoms with Gasteiger partial charge in [0.1, 0.15) is 5.76 Å². The van der Waals surface area contributed by atoms with Crippen LogP contribution in [0.15, 0.2) is 64.0 Å². The number of benzene rings is 1. The zero-order valence-corrected chi connectivity index (χ0v) is 15.2. The number of hydrogen-bond donors (Lipinski definition) is 3. The minimum atomic E-state index is -1.68. The van der Waals surface area contributed by atoms with E-state index in [9.17, 15) is 14.7 Å². The van der Waals surface area contributed by atoms with Crippen molar-refractivity contribution in [2.75, 3.05) is 13.3 Å². The van der Waals surface area contributed by atoms with Crippen LogP contribution < -0.4 is 20.1 Å². The minimum absolute atomic E-state index is 0.132. The number of nitrogens with one attached hydrogen (secondary N) is 2. The average Bonchev–Trinajstić information content (AvgIpc) is 3.51. The summed E-state index contributed by atoms with van der Waals surface area (Å²) in [5.41, 5.74) is -0.543. The topological polar surface area (TPSA) is 123 Å². The van der Waals surface area contributed by atoms with Crippen LogP contribution in [0, 0.1) is 0 Å². The number of hydrogen-bond acceptors (Lipinski definition) is 7. The molecule has 29 heavy (non-hydrogen) atoms. The first-order chi connectivity index (χ1) is 14.1. The Morgan fingerprint density at radius 3 is 2.62 bits per heavy atom. The second-order valence-corrected chi connectivity index (χ2v) is 6.40. The fourth-order valence-electron chi connectivity index (χ4n) is 2.95. The molecule has 0 saturated carbocycles. The van der Waals surface area contributed by atoms with Gasteiger partial charge in [0, 0.05) is 12.1 Å². The third kappa shape index (κ3) is 3.81. The molecule has 0 radical (unpaired) electrons. The van der Waals surface area contributed by atoms with E-state index in [4.69, 9.17) is 18.3 Å². The molecule has 3 N–H and O–H groups in total. The molecule has 1 aliphatic rings. The quantitative estimate of drug-likeness (QED) is 0.534. The summed E-state index contributed by atoms with van der Waals surface area (Å²) in [4.78, 5) is 24.3. The number of furan rings is 2. The number of ether oxygens (including phenoxy) is 2. The van der Waals surface area contributed by atoms with Crippen molar-refractivity contribution in [1.29, 1.82) is 0 Å². The van der Waals surface area contributed by atoms with Crippen LogP contribution in [0.5, 0.6) is 11.5 Å². The van der Waals surface area contributed by atoms with Crippen LogP contribution in [-0.4, -0.2) is 30.3 Å². The Labute approximate surface area is 165 Å². The molecule has 3 heterocycles. The van der Waals surface area contributed by atoms with Crippen molar-refractivity contribution in [3.63, 3.8) is 0 Å². The van der Waals surface area contributed by atoms with E-state index in [-0.39, 0.29) is 25.6 Å². The zero-order chi connectivity index (χ0) is 20.3.